The highest BCUT2D eigenvalue weighted by atomic mass is 16.7. The zero-order chi connectivity index (χ0) is 10.7. The van der Waals surface area contributed by atoms with Gasteiger partial charge in [0.1, 0.15) is 0 Å². The van der Waals surface area contributed by atoms with Gasteiger partial charge in [0.05, 0.1) is 6.10 Å². The lowest BCUT2D eigenvalue weighted by Crippen LogP contribution is -2.27. The Morgan fingerprint density at radius 1 is 1.27 bits per heavy atom. The summed E-state index contributed by atoms with van der Waals surface area (Å²) in [6.45, 7) is 5.49. The van der Waals surface area contributed by atoms with E-state index in [4.69, 9.17) is 9.47 Å². The minimum atomic E-state index is 0.125. The topological polar surface area (TPSA) is 18.5 Å². The van der Waals surface area contributed by atoms with Crippen molar-refractivity contribution in [3.8, 4) is 0 Å². The molecule has 0 N–H and O–H groups in total. The van der Waals surface area contributed by atoms with Gasteiger partial charge >= 0.3 is 0 Å². The normalized spacial score (nSPS) is 40.4. The maximum Gasteiger partial charge on any atom is 0.161 e. The molecule has 0 saturated carbocycles. The summed E-state index contributed by atoms with van der Waals surface area (Å²) in [6, 6.07) is 0. The SMILES string of the molecule is CCCCC[C@H]1O[C@H]2OCCC[C@H]2[C@@H]1C. The lowest BCUT2D eigenvalue weighted by molar-refractivity contribution is -0.167. The van der Waals surface area contributed by atoms with E-state index in [2.05, 4.69) is 13.8 Å². The number of hydrogen-bond donors (Lipinski definition) is 0. The molecule has 2 saturated heterocycles. The van der Waals surface area contributed by atoms with E-state index in [0.29, 0.717) is 17.9 Å². The van der Waals surface area contributed by atoms with Crippen LogP contribution in [0.15, 0.2) is 0 Å². The first kappa shape index (κ1) is 11.4. The molecule has 0 aromatic heterocycles. The Morgan fingerprint density at radius 2 is 2.13 bits per heavy atom. The summed E-state index contributed by atoms with van der Waals surface area (Å²) in [6.07, 6.45) is 8.28. The van der Waals surface area contributed by atoms with Crippen LogP contribution in [0.2, 0.25) is 0 Å². The van der Waals surface area contributed by atoms with Gasteiger partial charge in [-0.05, 0) is 25.2 Å². The van der Waals surface area contributed by atoms with Gasteiger partial charge in [-0.25, -0.2) is 0 Å². The molecule has 0 unspecified atom stereocenters. The molecule has 0 amide bonds. The minimum absolute atomic E-state index is 0.125. The van der Waals surface area contributed by atoms with Gasteiger partial charge in [0, 0.05) is 12.5 Å². The van der Waals surface area contributed by atoms with Crippen molar-refractivity contribution >= 4 is 0 Å². The molecule has 2 fully saturated rings. The average molecular weight is 212 g/mol. The molecule has 2 heteroatoms. The van der Waals surface area contributed by atoms with Gasteiger partial charge in [-0.15, -0.1) is 0 Å². The molecule has 2 aliphatic rings. The molecule has 0 spiro atoms. The summed E-state index contributed by atoms with van der Waals surface area (Å²) < 4.78 is 11.7. The highest BCUT2D eigenvalue weighted by molar-refractivity contribution is 4.85. The van der Waals surface area contributed by atoms with Crippen LogP contribution in [0.4, 0.5) is 0 Å². The smallest absolute Gasteiger partial charge is 0.161 e. The quantitative estimate of drug-likeness (QED) is 0.665. The Bertz CT molecular complexity index is 193. The first-order valence-corrected chi connectivity index (χ1v) is 6.60. The van der Waals surface area contributed by atoms with Crippen molar-refractivity contribution in [2.75, 3.05) is 6.61 Å². The van der Waals surface area contributed by atoms with Crippen molar-refractivity contribution in [2.24, 2.45) is 11.8 Å². The monoisotopic (exact) mass is 212 g/mol. The van der Waals surface area contributed by atoms with E-state index in [0.717, 1.165) is 6.61 Å². The van der Waals surface area contributed by atoms with Crippen LogP contribution in [-0.2, 0) is 9.47 Å². The summed E-state index contributed by atoms with van der Waals surface area (Å²) in [5.74, 6) is 1.37. The van der Waals surface area contributed by atoms with Crippen LogP contribution in [-0.4, -0.2) is 19.0 Å². The number of rotatable bonds is 4. The zero-order valence-corrected chi connectivity index (χ0v) is 10.1. The van der Waals surface area contributed by atoms with Crippen LogP contribution in [0, 0.1) is 11.8 Å². The molecule has 2 nitrogen and oxygen atoms in total. The van der Waals surface area contributed by atoms with Gasteiger partial charge < -0.3 is 9.47 Å². The van der Waals surface area contributed by atoms with Crippen LogP contribution in [0.3, 0.4) is 0 Å². The maximum absolute atomic E-state index is 6.00. The van der Waals surface area contributed by atoms with Crippen LogP contribution >= 0.6 is 0 Å². The second-order valence-electron chi connectivity index (χ2n) is 5.07. The fraction of sp³-hybridized carbons (Fsp3) is 1.00. The highest BCUT2D eigenvalue weighted by Gasteiger charge is 2.43. The lowest BCUT2D eigenvalue weighted by Gasteiger charge is -2.25. The van der Waals surface area contributed by atoms with Crippen LogP contribution in [0.25, 0.3) is 0 Å². The first-order valence-electron chi connectivity index (χ1n) is 6.60. The summed E-state index contributed by atoms with van der Waals surface area (Å²) in [5, 5.41) is 0. The van der Waals surface area contributed by atoms with E-state index < -0.39 is 0 Å². The summed E-state index contributed by atoms with van der Waals surface area (Å²) in [5.41, 5.74) is 0. The molecule has 88 valence electrons. The summed E-state index contributed by atoms with van der Waals surface area (Å²) in [4.78, 5) is 0. The predicted molar refractivity (Wildman–Crippen MR) is 60.6 cm³/mol. The molecular weight excluding hydrogens is 188 g/mol. The first-order chi connectivity index (χ1) is 7.33. The lowest BCUT2D eigenvalue weighted by atomic mass is 9.85. The van der Waals surface area contributed by atoms with E-state index >= 15 is 0 Å². The molecule has 2 aliphatic heterocycles. The molecule has 0 aromatic carbocycles. The fourth-order valence-corrected chi connectivity index (χ4v) is 2.93. The van der Waals surface area contributed by atoms with Crippen molar-refractivity contribution < 1.29 is 9.47 Å². The van der Waals surface area contributed by atoms with Crippen molar-refractivity contribution in [1.29, 1.82) is 0 Å². The highest BCUT2D eigenvalue weighted by Crippen LogP contribution is 2.40. The van der Waals surface area contributed by atoms with Crippen LogP contribution < -0.4 is 0 Å². The molecule has 0 radical (unpaired) electrons. The zero-order valence-electron chi connectivity index (χ0n) is 10.1. The largest absolute Gasteiger partial charge is 0.352 e. The Kier molecular flexibility index (Phi) is 4.04. The third-order valence-corrected chi connectivity index (χ3v) is 3.98. The summed E-state index contributed by atoms with van der Waals surface area (Å²) >= 11 is 0. The molecule has 2 heterocycles. The Labute approximate surface area is 93.3 Å². The second kappa shape index (κ2) is 5.31. The van der Waals surface area contributed by atoms with E-state index in [9.17, 15) is 0 Å². The van der Waals surface area contributed by atoms with Gasteiger partial charge in [-0.3, -0.25) is 0 Å². The Hall–Kier alpha value is -0.0800. The number of unbranched alkanes of at least 4 members (excludes halogenated alkanes) is 2. The molecule has 2 rings (SSSR count). The van der Waals surface area contributed by atoms with Crippen molar-refractivity contribution in [3.05, 3.63) is 0 Å². The van der Waals surface area contributed by atoms with Crippen molar-refractivity contribution in [3.63, 3.8) is 0 Å². The third-order valence-electron chi connectivity index (χ3n) is 3.98. The molecule has 0 bridgehead atoms. The van der Waals surface area contributed by atoms with E-state index in [1.807, 2.05) is 0 Å². The van der Waals surface area contributed by atoms with Crippen LogP contribution in [0.5, 0.6) is 0 Å². The standard InChI is InChI=1S/C13H24O2/c1-3-4-5-8-12-10(2)11-7-6-9-14-13(11)15-12/h10-13H,3-9H2,1-2H3/t10-,11-,12+,13+/m0/s1. The number of ether oxygens (including phenoxy) is 2. The molecule has 0 aromatic rings. The van der Waals surface area contributed by atoms with E-state index in [-0.39, 0.29) is 6.29 Å². The van der Waals surface area contributed by atoms with Gasteiger partial charge in [0.25, 0.3) is 0 Å². The van der Waals surface area contributed by atoms with Gasteiger partial charge in [0.15, 0.2) is 6.29 Å². The molecule has 15 heavy (non-hydrogen) atoms. The van der Waals surface area contributed by atoms with Gasteiger partial charge in [-0.2, -0.15) is 0 Å². The number of hydrogen-bond acceptors (Lipinski definition) is 2. The van der Waals surface area contributed by atoms with Gasteiger partial charge in [0.2, 0.25) is 0 Å². The Morgan fingerprint density at radius 3 is 2.87 bits per heavy atom. The molecule has 4 atom stereocenters. The predicted octanol–water partition coefficient (Wildman–Crippen LogP) is 3.35. The number of fused-ring (bicyclic) bond motifs is 1. The maximum atomic E-state index is 6.00. The second-order valence-corrected chi connectivity index (χ2v) is 5.07. The van der Waals surface area contributed by atoms with Crippen molar-refractivity contribution in [2.45, 2.75) is 64.8 Å². The molecule has 0 aliphatic carbocycles. The average Bonchev–Trinajstić information content (AvgIpc) is 2.57. The Balaban J connectivity index is 1.81. The third kappa shape index (κ3) is 2.54. The molecular formula is C13H24O2. The van der Waals surface area contributed by atoms with E-state index in [1.54, 1.807) is 0 Å². The van der Waals surface area contributed by atoms with E-state index in [1.165, 1.54) is 38.5 Å². The van der Waals surface area contributed by atoms with Crippen LogP contribution in [0.1, 0.15) is 52.4 Å². The van der Waals surface area contributed by atoms with Gasteiger partial charge in [-0.1, -0.05) is 33.1 Å². The minimum Gasteiger partial charge on any atom is -0.352 e. The fourth-order valence-electron chi connectivity index (χ4n) is 2.93. The van der Waals surface area contributed by atoms with Crippen molar-refractivity contribution in [1.82, 2.24) is 0 Å². The summed E-state index contributed by atoms with van der Waals surface area (Å²) in [7, 11) is 0.